The highest BCUT2D eigenvalue weighted by Crippen LogP contribution is 1.91. The number of rotatable bonds is 2. The minimum absolute atomic E-state index is 0.179. The minimum atomic E-state index is -0.667. The van der Waals surface area contributed by atoms with Crippen LogP contribution in [0, 0.1) is 11.3 Å². The molecule has 0 fully saturated rings. The van der Waals surface area contributed by atoms with E-state index in [0.717, 1.165) is 0 Å². The highest BCUT2D eigenvalue weighted by atomic mass is 16.5. The van der Waals surface area contributed by atoms with E-state index < -0.39 is 5.97 Å². The number of nitrogens with zero attached hydrogens (tertiary/aromatic N) is 1. The first-order chi connectivity index (χ1) is 4.76. The molecule has 0 rings (SSSR count). The fourth-order valence-electron chi connectivity index (χ4n) is 0.361. The molecule has 0 aliphatic rings. The van der Waals surface area contributed by atoms with Crippen LogP contribution >= 0.6 is 0 Å². The van der Waals surface area contributed by atoms with Gasteiger partial charge < -0.3 is 4.74 Å². The minimum Gasteiger partial charge on any atom is -0.461 e. The smallest absolute Gasteiger partial charge is 0.356 e. The van der Waals surface area contributed by atoms with Crippen LogP contribution in [0.2, 0.25) is 0 Å². The molecule has 10 heavy (non-hydrogen) atoms. The first-order valence-corrected chi connectivity index (χ1v) is 2.73. The molecular weight excluding hydrogens is 130 g/mol. The number of carbonyl (C=O) groups is 1. The van der Waals surface area contributed by atoms with Crippen LogP contribution < -0.4 is 0 Å². The second-order valence-electron chi connectivity index (χ2n) is 1.38. The molecule has 0 N–H and O–H groups in total. The van der Waals surface area contributed by atoms with Gasteiger partial charge in [0.1, 0.15) is 6.07 Å². The third-order valence-electron chi connectivity index (χ3n) is 0.768. The van der Waals surface area contributed by atoms with E-state index >= 15 is 0 Å². The van der Waals surface area contributed by atoms with Gasteiger partial charge in [0, 0.05) is 0 Å². The van der Waals surface area contributed by atoms with Crippen LogP contribution in [0.1, 0.15) is 6.92 Å². The third-order valence-corrected chi connectivity index (χ3v) is 0.768. The zero-order valence-electron chi connectivity index (χ0n) is 5.68. The molecule has 0 unspecified atom stereocenters. The Morgan fingerprint density at radius 1 is 1.80 bits per heavy atom. The number of hydrogen-bond acceptors (Lipinski definition) is 3. The lowest BCUT2D eigenvalue weighted by atomic mass is 10.3. The summed E-state index contributed by atoms with van der Waals surface area (Å²) in [5, 5.41) is 8.23. The average Bonchev–Trinajstić information content (AvgIpc) is 1.91. The first kappa shape index (κ1) is 8.48. The molecule has 0 saturated heterocycles. The first-order valence-electron chi connectivity index (χ1n) is 2.73. The normalized spacial score (nSPS) is 7.20. The summed E-state index contributed by atoms with van der Waals surface area (Å²) >= 11 is 0. The molecule has 0 bridgehead atoms. The largest absolute Gasteiger partial charge is 0.461 e. The molecule has 0 aliphatic carbocycles. The van der Waals surface area contributed by atoms with E-state index in [4.69, 9.17) is 5.26 Å². The lowest BCUT2D eigenvalue weighted by Gasteiger charge is -1.94. The van der Waals surface area contributed by atoms with E-state index in [1.807, 2.05) is 0 Å². The topological polar surface area (TPSA) is 50.1 Å². The Kier molecular flexibility index (Phi) is 3.70. The van der Waals surface area contributed by atoms with E-state index in [1.165, 1.54) is 0 Å². The van der Waals surface area contributed by atoms with Crippen LogP contribution in [0.25, 0.3) is 0 Å². The van der Waals surface area contributed by atoms with Crippen molar-refractivity contribution in [3.8, 4) is 6.07 Å². The van der Waals surface area contributed by atoms with Gasteiger partial charge in [-0.05, 0) is 6.92 Å². The summed E-state index contributed by atoms with van der Waals surface area (Å²) in [7, 11) is 0. The third kappa shape index (κ3) is 2.17. The van der Waals surface area contributed by atoms with Gasteiger partial charge >= 0.3 is 5.97 Å². The number of ether oxygens (including phenoxy) is 1. The molecule has 0 heterocycles. The summed E-state index contributed by atoms with van der Waals surface area (Å²) in [6.07, 6.45) is 0. The average molecular weight is 137 g/mol. The number of nitriles is 1. The van der Waals surface area contributed by atoms with Crippen LogP contribution in [-0.2, 0) is 9.53 Å². The number of esters is 1. The molecule has 0 aromatic heterocycles. The standard InChI is InChI=1S/C7H7NO2/c1-3-6(5-8)7(9)10-4-2/h1,4H2,2H3. The molecule has 0 amide bonds. The van der Waals surface area contributed by atoms with Crippen molar-refractivity contribution in [3.05, 3.63) is 17.9 Å². The van der Waals surface area contributed by atoms with Gasteiger partial charge in [-0.15, -0.1) is 5.73 Å². The van der Waals surface area contributed by atoms with Crippen molar-refractivity contribution < 1.29 is 9.53 Å². The van der Waals surface area contributed by atoms with Crippen molar-refractivity contribution in [2.24, 2.45) is 0 Å². The Balaban J connectivity index is 4.23. The Hall–Kier alpha value is -1.52. The van der Waals surface area contributed by atoms with Gasteiger partial charge in [0.05, 0.1) is 6.61 Å². The molecule has 0 spiro atoms. The fraction of sp³-hybridized carbons (Fsp3) is 0.286. The summed E-state index contributed by atoms with van der Waals surface area (Å²) < 4.78 is 4.48. The lowest BCUT2D eigenvalue weighted by Crippen LogP contribution is -2.04. The van der Waals surface area contributed by atoms with Gasteiger partial charge in [-0.2, -0.15) is 5.26 Å². The van der Waals surface area contributed by atoms with E-state index in [1.54, 1.807) is 13.0 Å². The molecule has 0 atom stereocenters. The van der Waals surface area contributed by atoms with E-state index in [9.17, 15) is 4.79 Å². The van der Waals surface area contributed by atoms with Gasteiger partial charge in [0.25, 0.3) is 0 Å². The molecule has 52 valence electrons. The molecule has 3 nitrogen and oxygen atoms in total. The van der Waals surface area contributed by atoms with Gasteiger partial charge in [-0.3, -0.25) is 0 Å². The predicted molar refractivity (Wildman–Crippen MR) is 34.9 cm³/mol. The fourth-order valence-corrected chi connectivity index (χ4v) is 0.361. The molecule has 0 radical (unpaired) electrons. The van der Waals surface area contributed by atoms with Crippen molar-refractivity contribution in [2.45, 2.75) is 6.92 Å². The van der Waals surface area contributed by atoms with Crippen LogP contribution in [0.15, 0.2) is 17.9 Å². The van der Waals surface area contributed by atoms with E-state index in [-0.39, 0.29) is 12.2 Å². The molecule has 0 aromatic rings. The molecular formula is C7H7NO2. The zero-order valence-corrected chi connectivity index (χ0v) is 5.68. The van der Waals surface area contributed by atoms with Gasteiger partial charge in [-0.25, -0.2) is 4.79 Å². The van der Waals surface area contributed by atoms with Crippen molar-refractivity contribution in [1.82, 2.24) is 0 Å². The van der Waals surface area contributed by atoms with Crippen molar-refractivity contribution >= 4 is 5.97 Å². The van der Waals surface area contributed by atoms with Crippen LogP contribution in [0.4, 0.5) is 0 Å². The highest BCUT2D eigenvalue weighted by Gasteiger charge is 2.06. The SMILES string of the molecule is C=C=C(C#N)C(=O)OCC. The quantitative estimate of drug-likeness (QED) is 0.244. The predicted octanol–water partition coefficient (Wildman–Crippen LogP) is 0.784. The highest BCUT2D eigenvalue weighted by molar-refractivity contribution is 5.92. The monoisotopic (exact) mass is 137 g/mol. The maximum Gasteiger partial charge on any atom is 0.356 e. The maximum atomic E-state index is 10.6. The Labute approximate surface area is 59.2 Å². The number of carbonyl (C=O) groups excluding carboxylic acids is 1. The Morgan fingerprint density at radius 3 is 2.70 bits per heavy atom. The molecule has 3 heteroatoms. The molecule has 0 aromatic carbocycles. The van der Waals surface area contributed by atoms with Gasteiger partial charge in [0.15, 0.2) is 5.57 Å². The van der Waals surface area contributed by atoms with Crippen LogP contribution in [-0.4, -0.2) is 12.6 Å². The zero-order chi connectivity index (χ0) is 7.98. The Morgan fingerprint density at radius 2 is 2.40 bits per heavy atom. The van der Waals surface area contributed by atoms with Crippen LogP contribution in [0.5, 0.6) is 0 Å². The van der Waals surface area contributed by atoms with Crippen molar-refractivity contribution in [2.75, 3.05) is 6.61 Å². The van der Waals surface area contributed by atoms with Crippen molar-refractivity contribution in [3.63, 3.8) is 0 Å². The summed E-state index contributed by atoms with van der Waals surface area (Å²) in [6, 6.07) is 1.60. The van der Waals surface area contributed by atoms with E-state index in [0.29, 0.717) is 0 Å². The molecule has 0 saturated carbocycles. The second kappa shape index (κ2) is 4.37. The summed E-state index contributed by atoms with van der Waals surface area (Å²) in [4.78, 5) is 10.6. The number of hydrogen-bond donors (Lipinski definition) is 0. The van der Waals surface area contributed by atoms with Gasteiger partial charge in [-0.1, -0.05) is 6.58 Å². The Bertz CT molecular complexity index is 218. The molecule has 0 aliphatic heterocycles. The van der Waals surface area contributed by atoms with E-state index in [2.05, 4.69) is 17.0 Å². The van der Waals surface area contributed by atoms with Gasteiger partial charge in [0.2, 0.25) is 0 Å². The van der Waals surface area contributed by atoms with Crippen LogP contribution in [0.3, 0.4) is 0 Å². The lowest BCUT2D eigenvalue weighted by molar-refractivity contribution is -0.137. The summed E-state index contributed by atoms with van der Waals surface area (Å²) in [5.41, 5.74) is 1.99. The maximum absolute atomic E-state index is 10.6. The summed E-state index contributed by atoms with van der Waals surface area (Å²) in [6.45, 7) is 5.07. The second-order valence-corrected chi connectivity index (χ2v) is 1.38. The van der Waals surface area contributed by atoms with Crippen molar-refractivity contribution in [1.29, 1.82) is 5.26 Å². The summed E-state index contributed by atoms with van der Waals surface area (Å²) in [5.74, 6) is -0.667.